The smallest absolute Gasteiger partial charge is 0.160 e. The summed E-state index contributed by atoms with van der Waals surface area (Å²) in [6.45, 7) is 4.38. The average molecular weight is 1900 g/mol. The molecule has 27 aromatic rings. The van der Waals surface area contributed by atoms with Crippen molar-refractivity contribution < 1.29 is 0 Å². The second-order valence-electron chi connectivity index (χ2n) is 36.8. The summed E-state index contributed by atoms with van der Waals surface area (Å²) in [6.07, 6.45) is 15.1. The number of rotatable bonds is 19. The predicted octanol–water partition coefficient (Wildman–Crippen LogP) is 35.0. The first kappa shape index (κ1) is 89.4. The van der Waals surface area contributed by atoms with E-state index in [-0.39, 0.29) is 0 Å². The van der Waals surface area contributed by atoms with Crippen LogP contribution in [-0.2, 0) is 0 Å². The third-order valence-electron chi connectivity index (χ3n) is 27.8. The monoisotopic (exact) mass is 1900 g/mol. The predicted molar refractivity (Wildman–Crippen MR) is 613 cm³/mol. The maximum absolute atomic E-state index is 5.04. The summed E-state index contributed by atoms with van der Waals surface area (Å²) < 4.78 is 4.60. The Morgan fingerprint density at radius 1 is 0.189 bits per heavy atom. The molecule has 0 saturated carbocycles. The molecule has 0 spiro atoms. The Morgan fingerprint density at radius 2 is 0.446 bits per heavy atom. The molecule has 0 amide bonds. The first-order chi connectivity index (χ1) is 73.3. The summed E-state index contributed by atoms with van der Waals surface area (Å²) in [5, 5.41) is 13.7. The summed E-state index contributed by atoms with van der Waals surface area (Å²) in [4.78, 5) is 46.8. The van der Waals surface area contributed by atoms with E-state index in [2.05, 4.69) is 457 Å². The number of fused-ring (bicyclic) bond motifs is 11. The minimum atomic E-state index is 0.675. The van der Waals surface area contributed by atoms with Gasteiger partial charge in [0.25, 0.3) is 0 Å². The molecule has 0 unspecified atom stereocenters. The maximum atomic E-state index is 5.04. The Balaban J connectivity index is 0.000000124. The minimum absolute atomic E-state index is 0.675. The number of aromatic nitrogens is 10. The highest BCUT2D eigenvalue weighted by molar-refractivity contribution is 6.11. The zero-order valence-corrected chi connectivity index (χ0v) is 81.1. The van der Waals surface area contributed by atoms with E-state index in [1.54, 1.807) is 0 Å². The molecular weight excluding hydrogens is 1810 g/mol. The molecule has 0 fully saturated rings. The SMILES string of the molecule is Cc1cc(-n2c3ccncc3c3cnccc32)ccc1-c1ccc(-n2c3ccncc3c3cnccc32)cc1C.c1ccc(-c2nc(-c3cccc(-c4nc(-c5ccccc5)c5ccccc5n4)c3)nc3ccccc23)cc1.c1ccc(N(c2ccc(N(c3ccc(N(c4ccccc4)c4cccc5ccccc45)cc3)c3ccc(N(c4ccccc4)c4cccc5ccccc45)cc3)cc2)c2cccc3ccccc23)cc1. The van der Waals surface area contributed by atoms with Crippen LogP contribution >= 0.6 is 0 Å². The number of para-hydroxylation sites is 5. The standard InChI is InChI=1S/C66H48N4.C34H24N6.C34H22N4/c1-4-25-52(26-5-1)68(64-34-16-22-49-19-10-13-31-61(49)64)58-43-37-55(38-44-58)67(56-39-45-59(46-40-56)69(53-27-6-2-7-28-53)65-35-17-23-50-20-11-14-32-62(50)65)57-41-47-60(48-42-57)70(54-29-8-3-9-30-54)66-36-18-24-51-21-12-15-33-63(51)66;1-21-15-23(39-31-7-11-35-17-27(31)28-18-36-12-8-32(28)39)3-5-25(21)26-6-4-24(16-22(26)2)40-33-9-13-37-19-29(33)30-20-38-14-10-34(30)40;1-3-12-23(13-4-1)31-27-18-7-9-20-29(27)35-33(37-31)25-16-11-17-26(22-25)34-36-30-21-10-8-19-28(30)32(38-34)24-14-5-2-6-15-24/h1-48H;3-20H,1-2H3;1-22H. The van der Waals surface area contributed by atoms with Crippen LogP contribution in [0.25, 0.3) is 166 Å². The van der Waals surface area contributed by atoms with E-state index in [1.165, 1.54) is 54.6 Å². The van der Waals surface area contributed by atoms with Gasteiger partial charge in [-0.05, 0) is 246 Å². The van der Waals surface area contributed by atoms with Gasteiger partial charge in [-0.25, -0.2) is 19.9 Å². The van der Waals surface area contributed by atoms with Crippen molar-refractivity contribution in [1.29, 1.82) is 0 Å². The van der Waals surface area contributed by atoms with E-state index in [0.29, 0.717) is 11.6 Å². The highest BCUT2D eigenvalue weighted by Crippen LogP contribution is 2.48. The molecule has 700 valence electrons. The molecule has 14 heteroatoms. The first-order valence-corrected chi connectivity index (χ1v) is 49.7. The molecule has 0 radical (unpaired) electrons. The van der Waals surface area contributed by atoms with Crippen molar-refractivity contribution in [3.63, 3.8) is 0 Å². The van der Waals surface area contributed by atoms with E-state index in [1.807, 2.05) is 141 Å². The van der Waals surface area contributed by atoms with Gasteiger partial charge in [0.05, 0.1) is 61.6 Å². The summed E-state index contributed by atoms with van der Waals surface area (Å²) in [6, 6.07) is 171. The van der Waals surface area contributed by atoms with Crippen LogP contribution in [0.5, 0.6) is 0 Å². The average Bonchev–Trinajstić information content (AvgIpc) is 1.57. The van der Waals surface area contributed by atoms with Crippen LogP contribution in [0.15, 0.2) is 535 Å². The molecule has 0 aliphatic rings. The second kappa shape index (κ2) is 39.5. The Hall–Kier alpha value is -20.0. The molecule has 0 aliphatic heterocycles. The topological polar surface area (TPSA) is 126 Å². The molecule has 0 N–H and O–H groups in total. The van der Waals surface area contributed by atoms with Crippen LogP contribution in [0, 0.1) is 13.8 Å². The van der Waals surface area contributed by atoms with Gasteiger partial charge in [0.15, 0.2) is 11.6 Å². The molecular formula is C134H94N14. The van der Waals surface area contributed by atoms with E-state index in [9.17, 15) is 0 Å². The van der Waals surface area contributed by atoms with Crippen LogP contribution in [0.1, 0.15) is 11.1 Å². The summed E-state index contributed by atoms with van der Waals surface area (Å²) in [5.41, 5.74) is 32.3. The number of aryl methyl sites for hydroxylation is 2. The molecule has 0 bridgehead atoms. The zero-order valence-electron chi connectivity index (χ0n) is 81.1. The highest BCUT2D eigenvalue weighted by Gasteiger charge is 2.26. The van der Waals surface area contributed by atoms with E-state index >= 15 is 0 Å². The molecule has 0 saturated heterocycles. The van der Waals surface area contributed by atoms with E-state index in [0.717, 1.165) is 179 Å². The molecule has 0 atom stereocenters. The van der Waals surface area contributed by atoms with E-state index < -0.39 is 0 Å². The third-order valence-corrected chi connectivity index (χ3v) is 27.8. The van der Waals surface area contributed by atoms with Crippen molar-refractivity contribution in [3.05, 3.63) is 546 Å². The first-order valence-electron chi connectivity index (χ1n) is 49.7. The molecule has 148 heavy (non-hydrogen) atoms. The number of nitrogens with zero attached hydrogens (tertiary/aromatic N) is 14. The lowest BCUT2D eigenvalue weighted by molar-refractivity contribution is 1.16. The molecule has 19 aromatic carbocycles. The van der Waals surface area contributed by atoms with Crippen molar-refractivity contribution >= 4 is 166 Å². The van der Waals surface area contributed by atoms with Crippen molar-refractivity contribution in [2.75, 3.05) is 19.6 Å². The van der Waals surface area contributed by atoms with Crippen molar-refractivity contribution in [1.82, 2.24) is 49.0 Å². The van der Waals surface area contributed by atoms with Crippen LogP contribution in [0.2, 0.25) is 0 Å². The van der Waals surface area contributed by atoms with Gasteiger partial charge in [-0.1, -0.05) is 291 Å². The quantitative estimate of drug-likeness (QED) is 0.0765. The van der Waals surface area contributed by atoms with Gasteiger partial charge in [0.2, 0.25) is 0 Å². The Labute approximate surface area is 856 Å². The fraction of sp³-hybridized carbons (Fsp3) is 0.0149. The fourth-order valence-electron chi connectivity index (χ4n) is 20.9. The molecule has 8 heterocycles. The lowest BCUT2D eigenvalue weighted by Crippen LogP contribution is -2.14. The summed E-state index contributed by atoms with van der Waals surface area (Å²) in [7, 11) is 0. The molecule has 14 nitrogen and oxygen atoms in total. The molecule has 27 rings (SSSR count). The van der Waals surface area contributed by atoms with Gasteiger partial charge in [-0.3, -0.25) is 19.9 Å². The Kier molecular flexibility index (Phi) is 23.9. The summed E-state index contributed by atoms with van der Waals surface area (Å²) >= 11 is 0. The van der Waals surface area contributed by atoms with Gasteiger partial charge in [-0.15, -0.1) is 0 Å². The van der Waals surface area contributed by atoms with Crippen LogP contribution in [-0.4, -0.2) is 49.0 Å². The van der Waals surface area contributed by atoms with Gasteiger partial charge >= 0.3 is 0 Å². The Bertz CT molecular complexity index is 8770. The third kappa shape index (κ3) is 17.1. The van der Waals surface area contributed by atoms with Crippen molar-refractivity contribution in [2.45, 2.75) is 13.8 Å². The zero-order chi connectivity index (χ0) is 98.7. The van der Waals surface area contributed by atoms with Crippen LogP contribution < -0.4 is 19.6 Å². The van der Waals surface area contributed by atoms with Crippen LogP contribution in [0.3, 0.4) is 0 Å². The van der Waals surface area contributed by atoms with Gasteiger partial charge < -0.3 is 28.7 Å². The minimum Gasteiger partial charge on any atom is -0.310 e. The lowest BCUT2D eigenvalue weighted by Gasteiger charge is -2.31. The number of pyridine rings is 4. The summed E-state index contributed by atoms with van der Waals surface area (Å²) in [5.74, 6) is 1.35. The van der Waals surface area contributed by atoms with Crippen molar-refractivity contribution in [2.24, 2.45) is 0 Å². The second-order valence-corrected chi connectivity index (χ2v) is 36.8. The fourth-order valence-corrected chi connectivity index (χ4v) is 20.9. The number of hydrogen-bond donors (Lipinski definition) is 0. The van der Waals surface area contributed by atoms with Gasteiger partial charge in [-0.2, -0.15) is 0 Å². The highest BCUT2D eigenvalue weighted by atomic mass is 15.2. The van der Waals surface area contributed by atoms with Gasteiger partial charge in [0, 0.05) is 183 Å². The van der Waals surface area contributed by atoms with Crippen molar-refractivity contribution in [3.8, 4) is 67.8 Å². The molecule has 8 aromatic heterocycles. The van der Waals surface area contributed by atoms with Crippen LogP contribution in [0.4, 0.5) is 68.2 Å². The van der Waals surface area contributed by atoms with Gasteiger partial charge in [0.1, 0.15) is 0 Å². The Morgan fingerprint density at radius 3 is 0.764 bits per heavy atom. The number of benzene rings is 19. The number of anilines is 12. The largest absolute Gasteiger partial charge is 0.310 e. The maximum Gasteiger partial charge on any atom is 0.160 e. The molecule has 0 aliphatic carbocycles. The van der Waals surface area contributed by atoms with E-state index in [4.69, 9.17) is 19.9 Å². The number of hydrogen-bond acceptors (Lipinski definition) is 12. The lowest BCUT2D eigenvalue weighted by atomic mass is 9.95. The normalized spacial score (nSPS) is 11.3.